The highest BCUT2D eigenvalue weighted by molar-refractivity contribution is 7.98. The van der Waals surface area contributed by atoms with E-state index in [1.807, 2.05) is 0 Å². The van der Waals surface area contributed by atoms with Gasteiger partial charge in [-0.05, 0) is 6.42 Å². The van der Waals surface area contributed by atoms with Gasteiger partial charge in [0, 0.05) is 6.42 Å². The number of aryl methyl sites for hydroxylation is 1. The number of unbranched alkanes of at least 4 members (excludes halogenated alkanes) is 1. The quantitative estimate of drug-likeness (QED) is 0.774. The minimum Gasteiger partial charge on any atom is -0.338 e. The van der Waals surface area contributed by atoms with E-state index >= 15 is 0 Å². The number of nitrogens with zero attached hydrogens (tertiary/aromatic N) is 4. The van der Waals surface area contributed by atoms with Crippen LogP contribution >= 0.6 is 11.8 Å². The second-order valence-corrected chi connectivity index (χ2v) is 4.30. The number of hydrogen-bond acceptors (Lipinski definition) is 6. The normalized spacial score (nSPS) is 10.8. The second-order valence-electron chi connectivity index (χ2n) is 3.30. The molecule has 0 fully saturated rings. The van der Waals surface area contributed by atoms with Gasteiger partial charge in [-0.1, -0.05) is 30.3 Å². The van der Waals surface area contributed by atoms with E-state index < -0.39 is 0 Å². The van der Waals surface area contributed by atoms with Gasteiger partial charge in [0.15, 0.2) is 5.82 Å². The van der Waals surface area contributed by atoms with Crippen LogP contribution in [0.15, 0.2) is 15.7 Å². The van der Waals surface area contributed by atoms with Crippen LogP contribution in [0.4, 0.5) is 0 Å². The number of nitrogens with one attached hydrogen (secondary N) is 1. The third-order valence-electron chi connectivity index (χ3n) is 2.00. The lowest BCUT2D eigenvalue weighted by Gasteiger charge is -1.89. The standard InChI is InChI=1S/C9H13N5OS/c1-2-3-4-7-11-8(15-13-7)6-16-9-5-10-14-12-9/h5H,2-4,6H2,1H3,(H,10,12,14). The van der Waals surface area contributed by atoms with Crippen molar-refractivity contribution in [1.82, 2.24) is 25.6 Å². The molecule has 1 N–H and O–H groups in total. The molecule has 2 aromatic rings. The number of H-pyrrole nitrogens is 1. The van der Waals surface area contributed by atoms with Gasteiger partial charge in [-0.3, -0.25) is 0 Å². The second kappa shape index (κ2) is 5.64. The maximum absolute atomic E-state index is 5.12. The van der Waals surface area contributed by atoms with Crippen LogP contribution < -0.4 is 0 Å². The molecule has 0 bridgehead atoms. The van der Waals surface area contributed by atoms with Crippen molar-refractivity contribution in [2.24, 2.45) is 0 Å². The summed E-state index contributed by atoms with van der Waals surface area (Å²) < 4.78 is 5.12. The predicted molar refractivity (Wildman–Crippen MR) is 58.9 cm³/mol. The molecule has 16 heavy (non-hydrogen) atoms. The van der Waals surface area contributed by atoms with Crippen LogP contribution in [0, 0.1) is 0 Å². The average molecular weight is 239 g/mol. The molecule has 2 aromatic heterocycles. The fourth-order valence-electron chi connectivity index (χ4n) is 1.18. The summed E-state index contributed by atoms with van der Waals surface area (Å²) in [6.45, 7) is 2.14. The van der Waals surface area contributed by atoms with Crippen molar-refractivity contribution in [1.29, 1.82) is 0 Å². The summed E-state index contributed by atoms with van der Waals surface area (Å²) in [5, 5.41) is 14.9. The van der Waals surface area contributed by atoms with Crippen molar-refractivity contribution in [3.8, 4) is 0 Å². The van der Waals surface area contributed by atoms with Crippen LogP contribution in [0.2, 0.25) is 0 Å². The lowest BCUT2D eigenvalue weighted by Crippen LogP contribution is -1.88. The van der Waals surface area contributed by atoms with Crippen molar-refractivity contribution >= 4 is 11.8 Å². The molecule has 0 aliphatic rings. The van der Waals surface area contributed by atoms with Gasteiger partial charge in [-0.25, -0.2) is 0 Å². The zero-order chi connectivity index (χ0) is 11.2. The molecule has 2 rings (SSSR count). The molecule has 0 unspecified atom stereocenters. The Balaban J connectivity index is 1.83. The Hall–Kier alpha value is -1.37. The summed E-state index contributed by atoms with van der Waals surface area (Å²) in [6, 6.07) is 0. The van der Waals surface area contributed by atoms with Gasteiger partial charge < -0.3 is 4.52 Å². The van der Waals surface area contributed by atoms with E-state index in [1.165, 1.54) is 11.8 Å². The molecule has 0 aromatic carbocycles. The minimum absolute atomic E-state index is 0.631. The molecular formula is C9H13N5OS. The smallest absolute Gasteiger partial charge is 0.237 e. The average Bonchev–Trinajstić information content (AvgIpc) is 2.95. The summed E-state index contributed by atoms with van der Waals surface area (Å²) >= 11 is 1.52. The Bertz CT molecular complexity index is 413. The van der Waals surface area contributed by atoms with E-state index in [2.05, 4.69) is 32.5 Å². The van der Waals surface area contributed by atoms with Crippen molar-refractivity contribution < 1.29 is 4.52 Å². The van der Waals surface area contributed by atoms with Gasteiger partial charge in [-0.2, -0.15) is 15.3 Å². The van der Waals surface area contributed by atoms with Crippen molar-refractivity contribution in [2.75, 3.05) is 0 Å². The Morgan fingerprint density at radius 2 is 2.44 bits per heavy atom. The highest BCUT2D eigenvalue weighted by Crippen LogP contribution is 2.18. The predicted octanol–water partition coefficient (Wildman–Crippen LogP) is 1.82. The summed E-state index contributed by atoms with van der Waals surface area (Å²) in [5.41, 5.74) is 0. The highest BCUT2D eigenvalue weighted by atomic mass is 32.2. The Morgan fingerprint density at radius 1 is 1.50 bits per heavy atom. The maximum atomic E-state index is 5.12. The van der Waals surface area contributed by atoms with Crippen LogP contribution in [0.1, 0.15) is 31.5 Å². The van der Waals surface area contributed by atoms with Crippen LogP contribution in [0.5, 0.6) is 0 Å². The molecule has 86 valence electrons. The lowest BCUT2D eigenvalue weighted by atomic mass is 10.2. The fraction of sp³-hybridized carbons (Fsp3) is 0.556. The maximum Gasteiger partial charge on any atom is 0.237 e. The number of rotatable bonds is 6. The molecule has 6 nitrogen and oxygen atoms in total. The number of aromatic amines is 1. The third-order valence-corrected chi connectivity index (χ3v) is 2.88. The van der Waals surface area contributed by atoms with Gasteiger partial charge in [0.05, 0.1) is 11.9 Å². The zero-order valence-electron chi connectivity index (χ0n) is 9.01. The van der Waals surface area contributed by atoms with Gasteiger partial charge in [0.2, 0.25) is 5.89 Å². The monoisotopic (exact) mass is 239 g/mol. The Kier molecular flexibility index (Phi) is 3.92. The SMILES string of the molecule is CCCCc1noc(CSc2cn[nH]n2)n1. The summed E-state index contributed by atoms with van der Waals surface area (Å²) in [7, 11) is 0. The molecular weight excluding hydrogens is 226 g/mol. The summed E-state index contributed by atoms with van der Waals surface area (Å²) in [4.78, 5) is 4.29. The van der Waals surface area contributed by atoms with E-state index in [0.29, 0.717) is 11.6 Å². The lowest BCUT2D eigenvalue weighted by molar-refractivity contribution is 0.384. The van der Waals surface area contributed by atoms with Gasteiger partial charge in [-0.15, -0.1) is 5.10 Å². The molecule has 0 aliphatic heterocycles. The first-order chi connectivity index (χ1) is 7.88. The van der Waals surface area contributed by atoms with Gasteiger partial charge >= 0.3 is 0 Å². The molecule has 7 heteroatoms. The molecule has 0 spiro atoms. The summed E-state index contributed by atoms with van der Waals surface area (Å²) in [6.07, 6.45) is 4.78. The van der Waals surface area contributed by atoms with E-state index in [9.17, 15) is 0 Å². The summed E-state index contributed by atoms with van der Waals surface area (Å²) in [5.74, 6) is 2.06. The molecule has 0 atom stereocenters. The van der Waals surface area contributed by atoms with Crippen LogP contribution in [-0.4, -0.2) is 25.6 Å². The molecule has 0 radical (unpaired) electrons. The molecule has 0 saturated carbocycles. The van der Waals surface area contributed by atoms with Crippen LogP contribution in [0.3, 0.4) is 0 Å². The van der Waals surface area contributed by atoms with E-state index in [0.717, 1.165) is 30.1 Å². The number of thioether (sulfide) groups is 1. The van der Waals surface area contributed by atoms with Gasteiger partial charge in [0.1, 0.15) is 5.03 Å². The van der Waals surface area contributed by atoms with Crippen LogP contribution in [0.25, 0.3) is 0 Å². The fourth-order valence-corrected chi connectivity index (χ4v) is 1.80. The van der Waals surface area contributed by atoms with E-state index in [-0.39, 0.29) is 0 Å². The first-order valence-electron chi connectivity index (χ1n) is 5.18. The largest absolute Gasteiger partial charge is 0.338 e. The van der Waals surface area contributed by atoms with Crippen molar-refractivity contribution in [2.45, 2.75) is 37.0 Å². The van der Waals surface area contributed by atoms with E-state index in [4.69, 9.17) is 4.52 Å². The van der Waals surface area contributed by atoms with Crippen molar-refractivity contribution in [3.63, 3.8) is 0 Å². The van der Waals surface area contributed by atoms with Gasteiger partial charge in [0.25, 0.3) is 0 Å². The molecule has 2 heterocycles. The first kappa shape index (κ1) is 11.1. The zero-order valence-corrected chi connectivity index (χ0v) is 9.83. The van der Waals surface area contributed by atoms with E-state index in [1.54, 1.807) is 6.20 Å². The number of hydrogen-bond donors (Lipinski definition) is 1. The third kappa shape index (κ3) is 3.06. The molecule has 0 amide bonds. The Labute approximate surface area is 97.2 Å². The topological polar surface area (TPSA) is 80.5 Å². The van der Waals surface area contributed by atoms with Crippen molar-refractivity contribution in [3.05, 3.63) is 17.9 Å². The highest BCUT2D eigenvalue weighted by Gasteiger charge is 2.07. The first-order valence-corrected chi connectivity index (χ1v) is 6.17. The molecule has 0 aliphatic carbocycles. The number of aromatic nitrogens is 5. The molecule has 0 saturated heterocycles. The minimum atomic E-state index is 0.631. The van der Waals surface area contributed by atoms with Crippen LogP contribution in [-0.2, 0) is 12.2 Å². The Morgan fingerprint density at radius 3 is 3.19 bits per heavy atom.